The first-order valence-electron chi connectivity index (χ1n) is 4.98. The lowest BCUT2D eigenvalue weighted by Gasteiger charge is -2.14. The third-order valence-corrected chi connectivity index (χ3v) is 2.48. The molecule has 0 aliphatic carbocycles. The van der Waals surface area contributed by atoms with Crippen LogP contribution in [0.25, 0.3) is 0 Å². The second kappa shape index (κ2) is 6.81. The first-order chi connectivity index (χ1) is 7.66. The fraction of sp³-hybridized carbons (Fsp3) is 0.455. The highest BCUT2D eigenvalue weighted by Gasteiger charge is 2.15. The van der Waals surface area contributed by atoms with Crippen molar-refractivity contribution in [1.82, 2.24) is 5.32 Å². The molecule has 5 heteroatoms. The highest BCUT2D eigenvalue weighted by molar-refractivity contribution is 6.31. The number of nitrogens with one attached hydrogen (secondary N) is 1. The Balaban J connectivity index is 2.55. The second-order valence-corrected chi connectivity index (χ2v) is 3.76. The number of hydrogen-bond acceptors (Lipinski definition) is 3. The van der Waals surface area contributed by atoms with Crippen LogP contribution in [0.3, 0.4) is 0 Å². The summed E-state index contributed by atoms with van der Waals surface area (Å²) in [6.45, 7) is 1.38. The Morgan fingerprint density at radius 3 is 2.94 bits per heavy atom. The van der Waals surface area contributed by atoms with E-state index in [-0.39, 0.29) is 17.1 Å². The summed E-state index contributed by atoms with van der Waals surface area (Å²) in [5, 5.41) is 12.9. The first-order valence-corrected chi connectivity index (χ1v) is 5.36. The molecule has 1 aromatic carbocycles. The zero-order valence-electron chi connectivity index (χ0n) is 9.04. The van der Waals surface area contributed by atoms with Gasteiger partial charge < -0.3 is 15.2 Å². The summed E-state index contributed by atoms with van der Waals surface area (Å²) in [4.78, 5) is 0. The Bertz CT molecular complexity index is 316. The summed E-state index contributed by atoms with van der Waals surface area (Å²) in [6, 6.07) is 4.34. The van der Waals surface area contributed by atoms with Gasteiger partial charge in [-0.05, 0) is 12.1 Å². The number of rotatable bonds is 6. The van der Waals surface area contributed by atoms with Gasteiger partial charge in [-0.2, -0.15) is 0 Å². The molecule has 1 unspecified atom stereocenters. The third kappa shape index (κ3) is 3.72. The molecule has 1 atom stereocenters. The van der Waals surface area contributed by atoms with E-state index in [1.54, 1.807) is 13.2 Å². The third-order valence-electron chi connectivity index (χ3n) is 2.15. The molecular formula is C11H15ClFNO2. The van der Waals surface area contributed by atoms with Crippen LogP contribution in [-0.4, -0.2) is 31.9 Å². The molecule has 0 heterocycles. The molecule has 0 aromatic heterocycles. The molecule has 2 N–H and O–H groups in total. The Morgan fingerprint density at radius 2 is 2.31 bits per heavy atom. The molecule has 0 aliphatic rings. The molecule has 0 fully saturated rings. The minimum Gasteiger partial charge on any atom is -0.387 e. The molecule has 0 saturated carbocycles. The minimum absolute atomic E-state index is 0.133. The fourth-order valence-corrected chi connectivity index (χ4v) is 1.63. The van der Waals surface area contributed by atoms with Gasteiger partial charge in [0, 0.05) is 30.8 Å². The van der Waals surface area contributed by atoms with Gasteiger partial charge in [0.1, 0.15) is 5.82 Å². The largest absolute Gasteiger partial charge is 0.387 e. The van der Waals surface area contributed by atoms with Crippen molar-refractivity contribution >= 4 is 11.6 Å². The molecule has 16 heavy (non-hydrogen) atoms. The molecule has 0 amide bonds. The summed E-state index contributed by atoms with van der Waals surface area (Å²) in [6.07, 6.45) is -0.953. The van der Waals surface area contributed by atoms with Crippen LogP contribution >= 0.6 is 11.6 Å². The highest BCUT2D eigenvalue weighted by atomic mass is 35.5. The molecular weight excluding hydrogens is 233 g/mol. The van der Waals surface area contributed by atoms with Gasteiger partial charge in [0.05, 0.1) is 12.7 Å². The smallest absolute Gasteiger partial charge is 0.130 e. The van der Waals surface area contributed by atoms with Gasteiger partial charge in [0.25, 0.3) is 0 Å². The summed E-state index contributed by atoms with van der Waals surface area (Å²) >= 11 is 5.81. The van der Waals surface area contributed by atoms with Gasteiger partial charge >= 0.3 is 0 Å². The van der Waals surface area contributed by atoms with Crippen molar-refractivity contribution in [3.8, 4) is 0 Å². The highest BCUT2D eigenvalue weighted by Crippen LogP contribution is 2.25. The maximum atomic E-state index is 13.4. The lowest BCUT2D eigenvalue weighted by atomic mass is 10.1. The Kier molecular flexibility index (Phi) is 5.69. The van der Waals surface area contributed by atoms with E-state index < -0.39 is 11.9 Å². The Hall–Kier alpha value is -0.680. The van der Waals surface area contributed by atoms with Crippen LogP contribution < -0.4 is 5.32 Å². The van der Waals surface area contributed by atoms with Crippen LogP contribution in [-0.2, 0) is 4.74 Å². The molecule has 0 bridgehead atoms. The Morgan fingerprint density at radius 1 is 1.56 bits per heavy atom. The normalized spacial score (nSPS) is 12.8. The standard InChI is InChI=1S/C11H15ClFNO2/c1-16-6-5-14-7-10(15)11-8(12)3-2-4-9(11)13/h2-4,10,14-15H,5-7H2,1H3. The molecule has 3 nitrogen and oxygen atoms in total. The maximum absolute atomic E-state index is 13.4. The number of ether oxygens (including phenoxy) is 1. The van der Waals surface area contributed by atoms with Crippen LogP contribution in [0.15, 0.2) is 18.2 Å². The predicted octanol–water partition coefficient (Wildman–Crippen LogP) is 1.75. The monoisotopic (exact) mass is 247 g/mol. The van der Waals surface area contributed by atoms with Crippen LogP contribution in [0, 0.1) is 5.82 Å². The van der Waals surface area contributed by atoms with E-state index in [9.17, 15) is 9.50 Å². The SMILES string of the molecule is COCCNCC(O)c1c(F)cccc1Cl. The molecule has 1 aromatic rings. The number of aliphatic hydroxyl groups is 1. The average Bonchev–Trinajstić information content (AvgIpc) is 2.24. The van der Waals surface area contributed by atoms with Gasteiger partial charge in [-0.15, -0.1) is 0 Å². The number of methoxy groups -OCH3 is 1. The predicted molar refractivity (Wildman–Crippen MR) is 61.1 cm³/mol. The van der Waals surface area contributed by atoms with E-state index in [1.807, 2.05) is 0 Å². The molecule has 0 radical (unpaired) electrons. The van der Waals surface area contributed by atoms with Crippen molar-refractivity contribution in [1.29, 1.82) is 0 Å². The molecule has 0 spiro atoms. The van der Waals surface area contributed by atoms with Gasteiger partial charge in [0.15, 0.2) is 0 Å². The molecule has 0 saturated heterocycles. The summed E-state index contributed by atoms with van der Waals surface area (Å²) in [7, 11) is 1.59. The summed E-state index contributed by atoms with van der Waals surface area (Å²) in [5.74, 6) is -0.492. The topological polar surface area (TPSA) is 41.5 Å². The van der Waals surface area contributed by atoms with E-state index in [0.717, 1.165) is 0 Å². The molecule has 0 aliphatic heterocycles. The number of halogens is 2. The van der Waals surface area contributed by atoms with Crippen molar-refractivity contribution < 1.29 is 14.2 Å². The van der Waals surface area contributed by atoms with Gasteiger partial charge in [-0.3, -0.25) is 0 Å². The Labute approximate surface area is 99.2 Å². The number of benzene rings is 1. The van der Waals surface area contributed by atoms with Gasteiger partial charge in [-0.1, -0.05) is 17.7 Å². The van der Waals surface area contributed by atoms with Crippen LogP contribution in [0.1, 0.15) is 11.7 Å². The minimum atomic E-state index is -0.953. The van der Waals surface area contributed by atoms with Crippen LogP contribution in [0.5, 0.6) is 0 Å². The lowest BCUT2D eigenvalue weighted by Crippen LogP contribution is -2.25. The second-order valence-electron chi connectivity index (χ2n) is 3.35. The summed E-state index contributed by atoms with van der Waals surface area (Å²) in [5.41, 5.74) is 0.133. The molecule has 90 valence electrons. The van der Waals surface area contributed by atoms with Crippen LogP contribution in [0.4, 0.5) is 4.39 Å². The number of hydrogen-bond donors (Lipinski definition) is 2. The molecule has 1 rings (SSSR count). The first kappa shape index (κ1) is 13.4. The zero-order valence-corrected chi connectivity index (χ0v) is 9.80. The lowest BCUT2D eigenvalue weighted by molar-refractivity contribution is 0.158. The van der Waals surface area contributed by atoms with E-state index in [1.165, 1.54) is 12.1 Å². The number of aliphatic hydroxyl groups excluding tert-OH is 1. The van der Waals surface area contributed by atoms with Gasteiger partial charge in [0.2, 0.25) is 0 Å². The van der Waals surface area contributed by atoms with E-state index >= 15 is 0 Å². The van der Waals surface area contributed by atoms with Crippen LogP contribution in [0.2, 0.25) is 5.02 Å². The quantitative estimate of drug-likeness (QED) is 0.753. The van der Waals surface area contributed by atoms with E-state index in [4.69, 9.17) is 16.3 Å². The average molecular weight is 248 g/mol. The van der Waals surface area contributed by atoms with E-state index in [0.29, 0.717) is 13.2 Å². The fourth-order valence-electron chi connectivity index (χ4n) is 1.34. The maximum Gasteiger partial charge on any atom is 0.130 e. The van der Waals surface area contributed by atoms with Crippen molar-refractivity contribution in [3.05, 3.63) is 34.6 Å². The van der Waals surface area contributed by atoms with Gasteiger partial charge in [-0.25, -0.2) is 4.39 Å². The van der Waals surface area contributed by atoms with Crippen molar-refractivity contribution in [2.24, 2.45) is 0 Å². The van der Waals surface area contributed by atoms with Crippen molar-refractivity contribution in [2.45, 2.75) is 6.10 Å². The summed E-state index contributed by atoms with van der Waals surface area (Å²) < 4.78 is 18.2. The van der Waals surface area contributed by atoms with Crippen molar-refractivity contribution in [3.63, 3.8) is 0 Å². The zero-order chi connectivity index (χ0) is 12.0. The van der Waals surface area contributed by atoms with E-state index in [2.05, 4.69) is 5.32 Å². The van der Waals surface area contributed by atoms with Crippen molar-refractivity contribution in [2.75, 3.05) is 26.8 Å².